The maximum absolute atomic E-state index is 11.5. The van der Waals surface area contributed by atoms with E-state index in [1.165, 1.54) is 24.4 Å². The molecule has 2 aromatic rings. The summed E-state index contributed by atoms with van der Waals surface area (Å²) >= 11 is 0. The Morgan fingerprint density at radius 2 is 1.62 bits per heavy atom. The van der Waals surface area contributed by atoms with E-state index in [0.717, 1.165) is 18.2 Å². The Labute approximate surface area is 118 Å². The fourth-order valence-corrected chi connectivity index (χ4v) is 1.58. The average molecular weight is 286 g/mol. The lowest BCUT2D eigenvalue weighted by Crippen LogP contribution is -1.93. The fourth-order valence-electron chi connectivity index (χ4n) is 1.58. The summed E-state index contributed by atoms with van der Waals surface area (Å²) in [7, 11) is 0. The minimum atomic E-state index is -0.633. The molecule has 0 aliphatic rings. The van der Waals surface area contributed by atoms with Crippen LogP contribution in [0.2, 0.25) is 0 Å². The van der Waals surface area contributed by atoms with Crippen LogP contribution in [-0.2, 0) is 0 Å². The lowest BCUT2D eigenvalue weighted by Gasteiger charge is -2.08. The molecular formula is C13H8N3O5-. The van der Waals surface area contributed by atoms with Crippen molar-refractivity contribution in [3.05, 3.63) is 68.3 Å². The molecule has 0 aliphatic heterocycles. The zero-order chi connectivity index (χ0) is 15.4. The molecule has 2 aromatic carbocycles. The molecule has 8 nitrogen and oxygen atoms in total. The van der Waals surface area contributed by atoms with Crippen molar-refractivity contribution in [2.24, 2.45) is 4.99 Å². The minimum absolute atomic E-state index is 0.101. The van der Waals surface area contributed by atoms with Gasteiger partial charge in [0.25, 0.3) is 11.4 Å². The van der Waals surface area contributed by atoms with Gasteiger partial charge in [0.15, 0.2) is 0 Å². The number of nitro groups is 2. The highest BCUT2D eigenvalue weighted by Crippen LogP contribution is 2.28. The van der Waals surface area contributed by atoms with Crippen molar-refractivity contribution in [3.8, 4) is 5.75 Å². The first kappa shape index (κ1) is 14.1. The highest BCUT2D eigenvalue weighted by Gasteiger charge is 2.06. The summed E-state index contributed by atoms with van der Waals surface area (Å²) in [5, 5.41) is 32.8. The van der Waals surface area contributed by atoms with Crippen LogP contribution in [0.1, 0.15) is 5.56 Å². The second-order valence-corrected chi connectivity index (χ2v) is 4.02. The van der Waals surface area contributed by atoms with Gasteiger partial charge in [-0.25, -0.2) is 0 Å². The molecule has 0 unspecified atom stereocenters. The quantitative estimate of drug-likeness (QED) is 0.485. The summed E-state index contributed by atoms with van der Waals surface area (Å²) < 4.78 is 0. The molecule has 0 saturated carbocycles. The Morgan fingerprint density at radius 1 is 0.952 bits per heavy atom. The molecule has 8 heteroatoms. The van der Waals surface area contributed by atoms with Crippen LogP contribution in [0.4, 0.5) is 17.1 Å². The maximum Gasteiger partial charge on any atom is 0.271 e. The van der Waals surface area contributed by atoms with Crippen LogP contribution in [0.25, 0.3) is 0 Å². The Balaban J connectivity index is 2.33. The molecular weight excluding hydrogens is 278 g/mol. The van der Waals surface area contributed by atoms with Gasteiger partial charge in [-0.15, -0.1) is 0 Å². The fraction of sp³-hybridized carbons (Fsp3) is 0. The summed E-state index contributed by atoms with van der Waals surface area (Å²) in [6.45, 7) is 0. The first-order chi connectivity index (χ1) is 9.97. The number of rotatable bonds is 4. The highest BCUT2D eigenvalue weighted by molar-refractivity contribution is 5.83. The number of nitrogens with zero attached hydrogens (tertiary/aromatic N) is 3. The molecule has 0 aromatic heterocycles. The summed E-state index contributed by atoms with van der Waals surface area (Å²) in [5.41, 5.74) is -0.0491. The Hall–Kier alpha value is -3.29. The van der Waals surface area contributed by atoms with E-state index in [-0.39, 0.29) is 17.1 Å². The SMILES string of the molecule is O=[N+]([O-])c1cccc(C=Nc2cc([N+](=O)[O-])ccc2[O-])c1. The lowest BCUT2D eigenvalue weighted by atomic mass is 10.2. The molecule has 2 rings (SSSR count). The van der Waals surface area contributed by atoms with Gasteiger partial charge >= 0.3 is 0 Å². The average Bonchev–Trinajstić information content (AvgIpc) is 2.46. The largest absolute Gasteiger partial charge is 0.871 e. The third-order valence-corrected chi connectivity index (χ3v) is 2.59. The Kier molecular flexibility index (Phi) is 3.89. The molecule has 0 spiro atoms. The van der Waals surface area contributed by atoms with Crippen LogP contribution < -0.4 is 5.11 Å². The van der Waals surface area contributed by atoms with Crippen molar-refractivity contribution in [2.75, 3.05) is 0 Å². The Bertz CT molecular complexity index is 742. The molecule has 0 atom stereocenters. The van der Waals surface area contributed by atoms with E-state index in [2.05, 4.69) is 4.99 Å². The van der Waals surface area contributed by atoms with Gasteiger partial charge < -0.3 is 5.11 Å². The highest BCUT2D eigenvalue weighted by atomic mass is 16.6. The van der Waals surface area contributed by atoms with E-state index in [9.17, 15) is 25.3 Å². The second-order valence-electron chi connectivity index (χ2n) is 4.02. The molecule has 0 saturated heterocycles. The summed E-state index contributed by atoms with van der Waals surface area (Å²) in [5.74, 6) is -0.470. The third kappa shape index (κ3) is 3.38. The second kappa shape index (κ2) is 5.78. The Morgan fingerprint density at radius 3 is 2.29 bits per heavy atom. The van der Waals surface area contributed by atoms with Gasteiger partial charge in [-0.05, 0) is 5.56 Å². The molecule has 0 amide bonds. The molecule has 0 N–H and O–H groups in total. The molecule has 21 heavy (non-hydrogen) atoms. The van der Waals surface area contributed by atoms with E-state index in [0.29, 0.717) is 5.56 Å². The number of nitro benzene ring substituents is 2. The molecule has 0 fully saturated rings. The van der Waals surface area contributed by atoms with Gasteiger partial charge in [-0.3, -0.25) is 25.2 Å². The van der Waals surface area contributed by atoms with Gasteiger partial charge in [0, 0.05) is 30.5 Å². The summed E-state index contributed by atoms with van der Waals surface area (Å²) in [6, 6.07) is 8.85. The molecule has 0 aliphatic carbocycles. The topological polar surface area (TPSA) is 122 Å². The van der Waals surface area contributed by atoms with Crippen molar-refractivity contribution in [3.63, 3.8) is 0 Å². The first-order valence-electron chi connectivity index (χ1n) is 5.71. The number of benzene rings is 2. The van der Waals surface area contributed by atoms with Crippen LogP contribution in [0.15, 0.2) is 47.5 Å². The van der Waals surface area contributed by atoms with Crippen molar-refractivity contribution >= 4 is 23.3 Å². The van der Waals surface area contributed by atoms with Gasteiger partial charge in [0.1, 0.15) is 0 Å². The summed E-state index contributed by atoms with van der Waals surface area (Å²) in [4.78, 5) is 23.9. The van der Waals surface area contributed by atoms with E-state index >= 15 is 0 Å². The number of hydrogen-bond acceptors (Lipinski definition) is 6. The van der Waals surface area contributed by atoms with E-state index in [1.54, 1.807) is 6.07 Å². The molecule has 0 radical (unpaired) electrons. The van der Waals surface area contributed by atoms with Gasteiger partial charge in [0.05, 0.1) is 15.5 Å². The van der Waals surface area contributed by atoms with Crippen molar-refractivity contribution in [1.82, 2.24) is 0 Å². The van der Waals surface area contributed by atoms with Crippen LogP contribution in [0, 0.1) is 20.2 Å². The van der Waals surface area contributed by atoms with Crippen molar-refractivity contribution in [1.29, 1.82) is 0 Å². The monoisotopic (exact) mass is 286 g/mol. The van der Waals surface area contributed by atoms with Crippen LogP contribution in [0.5, 0.6) is 5.75 Å². The number of hydrogen-bond donors (Lipinski definition) is 0. The lowest BCUT2D eigenvalue weighted by molar-refractivity contribution is -0.385. The molecule has 106 valence electrons. The van der Waals surface area contributed by atoms with E-state index in [4.69, 9.17) is 0 Å². The van der Waals surface area contributed by atoms with Crippen molar-refractivity contribution < 1.29 is 15.0 Å². The first-order valence-corrected chi connectivity index (χ1v) is 5.71. The number of non-ortho nitro benzene ring substituents is 2. The van der Waals surface area contributed by atoms with Crippen molar-refractivity contribution in [2.45, 2.75) is 0 Å². The smallest absolute Gasteiger partial charge is 0.271 e. The zero-order valence-corrected chi connectivity index (χ0v) is 10.5. The number of aliphatic imine (C=N–C) groups is 1. The van der Waals surface area contributed by atoms with Crippen LogP contribution in [0.3, 0.4) is 0 Å². The van der Waals surface area contributed by atoms with Gasteiger partial charge in [0.2, 0.25) is 0 Å². The minimum Gasteiger partial charge on any atom is -0.871 e. The molecule has 0 heterocycles. The predicted molar refractivity (Wildman–Crippen MR) is 72.9 cm³/mol. The van der Waals surface area contributed by atoms with Gasteiger partial charge in [-0.2, -0.15) is 0 Å². The maximum atomic E-state index is 11.5. The van der Waals surface area contributed by atoms with Crippen LogP contribution >= 0.6 is 0 Å². The predicted octanol–water partition coefficient (Wildman–Crippen LogP) is 2.33. The normalized spacial score (nSPS) is 10.7. The molecule has 0 bridgehead atoms. The standard InChI is InChI=1S/C13H9N3O5/c17-13-5-4-11(16(20)21)7-12(13)14-8-9-2-1-3-10(6-9)15(18)19/h1-8,17H/p-1. The zero-order valence-electron chi connectivity index (χ0n) is 10.5. The van der Waals surface area contributed by atoms with E-state index in [1.807, 2.05) is 0 Å². The third-order valence-electron chi connectivity index (χ3n) is 2.59. The van der Waals surface area contributed by atoms with Gasteiger partial charge in [-0.1, -0.05) is 23.9 Å². The summed E-state index contributed by atoms with van der Waals surface area (Å²) in [6.07, 6.45) is 1.24. The van der Waals surface area contributed by atoms with Crippen LogP contribution in [-0.4, -0.2) is 16.1 Å². The van der Waals surface area contributed by atoms with E-state index < -0.39 is 15.6 Å².